The van der Waals surface area contributed by atoms with E-state index in [1.807, 2.05) is 6.92 Å². The number of halogens is 1. The largest absolute Gasteiger partial charge is 0.508 e. The van der Waals surface area contributed by atoms with Gasteiger partial charge in [0.05, 0.1) is 12.5 Å². The summed E-state index contributed by atoms with van der Waals surface area (Å²) in [7, 11) is 0. The highest BCUT2D eigenvalue weighted by molar-refractivity contribution is 6.17. The van der Waals surface area contributed by atoms with E-state index in [0.717, 1.165) is 11.3 Å². The monoisotopic (exact) mass is 305 g/mol. The third kappa shape index (κ3) is 3.89. The molecule has 0 aromatic heterocycles. The average Bonchev–Trinajstić information content (AvgIpc) is 2.49. The van der Waals surface area contributed by atoms with E-state index in [1.54, 1.807) is 30.3 Å². The van der Waals surface area contributed by atoms with Crippen molar-refractivity contribution in [1.82, 2.24) is 0 Å². The van der Waals surface area contributed by atoms with E-state index in [1.165, 1.54) is 12.1 Å². The van der Waals surface area contributed by atoms with Gasteiger partial charge < -0.3 is 15.2 Å². The van der Waals surface area contributed by atoms with Crippen molar-refractivity contribution in [3.05, 3.63) is 53.6 Å². The van der Waals surface area contributed by atoms with E-state index < -0.39 is 0 Å². The van der Waals surface area contributed by atoms with Gasteiger partial charge in [-0.25, -0.2) is 0 Å². The van der Waals surface area contributed by atoms with Crippen molar-refractivity contribution >= 4 is 23.2 Å². The molecule has 0 spiro atoms. The van der Waals surface area contributed by atoms with E-state index >= 15 is 0 Å². The van der Waals surface area contributed by atoms with E-state index in [-0.39, 0.29) is 11.7 Å². The summed E-state index contributed by atoms with van der Waals surface area (Å²) >= 11 is 5.89. The molecule has 0 fully saturated rings. The van der Waals surface area contributed by atoms with Gasteiger partial charge in [-0.3, -0.25) is 4.79 Å². The lowest BCUT2D eigenvalue weighted by Gasteiger charge is -2.11. The molecule has 0 aliphatic heterocycles. The van der Waals surface area contributed by atoms with Crippen molar-refractivity contribution in [3.8, 4) is 11.5 Å². The molecule has 21 heavy (non-hydrogen) atoms. The Bertz CT molecular complexity index is 626. The van der Waals surface area contributed by atoms with E-state index in [0.29, 0.717) is 23.7 Å². The summed E-state index contributed by atoms with van der Waals surface area (Å²) in [4.78, 5) is 12.1. The Morgan fingerprint density at radius 3 is 2.57 bits per heavy atom. The zero-order valence-electron chi connectivity index (χ0n) is 11.6. The van der Waals surface area contributed by atoms with Crippen molar-refractivity contribution in [2.75, 3.05) is 11.9 Å². The van der Waals surface area contributed by atoms with Crippen LogP contribution in [0.1, 0.15) is 22.8 Å². The molecule has 2 rings (SSSR count). The van der Waals surface area contributed by atoms with Gasteiger partial charge in [0, 0.05) is 16.8 Å². The standard InChI is InChI=1S/C16H16ClNO3/c1-2-21-15-8-5-13(9-12(15)10-17)18-16(20)11-3-6-14(19)7-4-11/h3-9,19H,2,10H2,1H3,(H,18,20). The molecule has 0 aliphatic carbocycles. The molecule has 0 aliphatic rings. The van der Waals surface area contributed by atoms with Crippen LogP contribution in [0.4, 0.5) is 5.69 Å². The van der Waals surface area contributed by atoms with Crippen LogP contribution in [0.25, 0.3) is 0 Å². The van der Waals surface area contributed by atoms with Crippen LogP contribution in [0.2, 0.25) is 0 Å². The van der Waals surface area contributed by atoms with Crippen molar-refractivity contribution in [2.24, 2.45) is 0 Å². The summed E-state index contributed by atoms with van der Waals surface area (Å²) in [6, 6.07) is 11.4. The normalized spacial score (nSPS) is 10.2. The first-order chi connectivity index (χ1) is 10.1. The predicted octanol–water partition coefficient (Wildman–Crippen LogP) is 3.78. The number of nitrogens with one attached hydrogen (secondary N) is 1. The molecule has 4 nitrogen and oxygen atoms in total. The Morgan fingerprint density at radius 2 is 1.95 bits per heavy atom. The number of alkyl halides is 1. The minimum atomic E-state index is -0.250. The van der Waals surface area contributed by atoms with Crippen LogP contribution in [0.3, 0.4) is 0 Å². The second-order valence-electron chi connectivity index (χ2n) is 4.39. The van der Waals surface area contributed by atoms with Gasteiger partial charge >= 0.3 is 0 Å². The number of carbonyl (C=O) groups excluding carboxylic acids is 1. The van der Waals surface area contributed by atoms with Crippen LogP contribution < -0.4 is 10.1 Å². The topological polar surface area (TPSA) is 58.6 Å². The Balaban J connectivity index is 2.15. The molecule has 2 N–H and O–H groups in total. The number of hydrogen-bond acceptors (Lipinski definition) is 3. The van der Waals surface area contributed by atoms with Crippen LogP contribution in [0.5, 0.6) is 11.5 Å². The van der Waals surface area contributed by atoms with E-state index in [4.69, 9.17) is 16.3 Å². The number of amides is 1. The van der Waals surface area contributed by atoms with Gasteiger partial charge in [0.2, 0.25) is 0 Å². The number of carbonyl (C=O) groups is 1. The van der Waals surface area contributed by atoms with Crippen molar-refractivity contribution in [1.29, 1.82) is 0 Å². The van der Waals surface area contributed by atoms with Crippen LogP contribution in [0, 0.1) is 0 Å². The van der Waals surface area contributed by atoms with Crippen LogP contribution in [-0.4, -0.2) is 17.6 Å². The maximum absolute atomic E-state index is 12.1. The fraction of sp³-hybridized carbons (Fsp3) is 0.188. The number of rotatable bonds is 5. The summed E-state index contributed by atoms with van der Waals surface area (Å²) in [5.74, 6) is 0.894. The molecule has 0 saturated heterocycles. The molecule has 0 bridgehead atoms. The van der Waals surface area contributed by atoms with Gasteiger partial charge in [-0.1, -0.05) is 0 Å². The van der Waals surface area contributed by atoms with Crippen molar-refractivity contribution in [2.45, 2.75) is 12.8 Å². The summed E-state index contributed by atoms with van der Waals surface area (Å²) in [5, 5.41) is 12.0. The lowest BCUT2D eigenvalue weighted by molar-refractivity contribution is 0.102. The van der Waals surface area contributed by atoms with Gasteiger partial charge in [-0.15, -0.1) is 11.6 Å². The summed E-state index contributed by atoms with van der Waals surface area (Å²) in [6.45, 7) is 2.46. The van der Waals surface area contributed by atoms with Gasteiger partial charge in [0.15, 0.2) is 0 Å². The third-order valence-electron chi connectivity index (χ3n) is 2.89. The second kappa shape index (κ2) is 6.99. The highest BCUT2D eigenvalue weighted by Crippen LogP contribution is 2.25. The lowest BCUT2D eigenvalue weighted by Crippen LogP contribution is -2.12. The third-order valence-corrected chi connectivity index (χ3v) is 3.18. The highest BCUT2D eigenvalue weighted by atomic mass is 35.5. The SMILES string of the molecule is CCOc1ccc(NC(=O)c2ccc(O)cc2)cc1CCl. The predicted molar refractivity (Wildman–Crippen MR) is 83.2 cm³/mol. The number of anilines is 1. The minimum Gasteiger partial charge on any atom is -0.508 e. The second-order valence-corrected chi connectivity index (χ2v) is 4.66. The maximum atomic E-state index is 12.1. The van der Waals surface area contributed by atoms with Crippen LogP contribution in [-0.2, 0) is 5.88 Å². The average molecular weight is 306 g/mol. The molecule has 110 valence electrons. The molecule has 0 heterocycles. The number of aromatic hydroxyl groups is 1. The molecular weight excluding hydrogens is 290 g/mol. The zero-order chi connectivity index (χ0) is 15.2. The molecule has 2 aromatic rings. The molecule has 0 atom stereocenters. The number of phenols is 1. The number of ether oxygens (including phenoxy) is 1. The minimum absolute atomic E-state index is 0.122. The fourth-order valence-electron chi connectivity index (χ4n) is 1.87. The Morgan fingerprint density at radius 1 is 1.24 bits per heavy atom. The molecular formula is C16H16ClNO3. The molecule has 5 heteroatoms. The van der Waals surface area contributed by atoms with Crippen molar-refractivity contribution in [3.63, 3.8) is 0 Å². The lowest BCUT2D eigenvalue weighted by atomic mass is 10.1. The number of phenolic OH excluding ortho intramolecular Hbond substituents is 1. The quantitative estimate of drug-likeness (QED) is 0.826. The van der Waals surface area contributed by atoms with Crippen LogP contribution >= 0.6 is 11.6 Å². The fourth-order valence-corrected chi connectivity index (χ4v) is 2.08. The van der Waals surface area contributed by atoms with Gasteiger partial charge in [0.25, 0.3) is 5.91 Å². The van der Waals surface area contributed by atoms with E-state index in [9.17, 15) is 9.90 Å². The number of hydrogen-bond donors (Lipinski definition) is 2. The first kappa shape index (κ1) is 15.2. The van der Waals surface area contributed by atoms with E-state index in [2.05, 4.69) is 5.32 Å². The first-order valence-corrected chi connectivity index (χ1v) is 7.09. The molecule has 2 aromatic carbocycles. The van der Waals surface area contributed by atoms with Crippen LogP contribution in [0.15, 0.2) is 42.5 Å². The molecule has 0 radical (unpaired) electrons. The maximum Gasteiger partial charge on any atom is 0.255 e. The van der Waals surface area contributed by atoms with Gasteiger partial charge in [-0.2, -0.15) is 0 Å². The van der Waals surface area contributed by atoms with Gasteiger partial charge in [-0.05, 0) is 49.4 Å². The molecule has 0 saturated carbocycles. The Kier molecular flexibility index (Phi) is 5.06. The van der Waals surface area contributed by atoms with Crippen molar-refractivity contribution < 1.29 is 14.6 Å². The Labute approximate surface area is 128 Å². The van der Waals surface area contributed by atoms with Gasteiger partial charge in [0.1, 0.15) is 11.5 Å². The summed E-state index contributed by atoms with van der Waals surface area (Å²) in [5.41, 5.74) is 1.93. The highest BCUT2D eigenvalue weighted by Gasteiger charge is 2.09. The number of benzene rings is 2. The summed E-state index contributed by atoms with van der Waals surface area (Å²) in [6.07, 6.45) is 0. The zero-order valence-corrected chi connectivity index (χ0v) is 12.4. The smallest absolute Gasteiger partial charge is 0.255 e. The molecule has 0 unspecified atom stereocenters. The first-order valence-electron chi connectivity index (χ1n) is 6.56. The molecule has 1 amide bonds. The Hall–Kier alpha value is -2.20. The summed E-state index contributed by atoms with van der Waals surface area (Å²) < 4.78 is 5.46.